The van der Waals surface area contributed by atoms with E-state index in [2.05, 4.69) is 5.32 Å². The van der Waals surface area contributed by atoms with E-state index in [9.17, 15) is 14.9 Å². The van der Waals surface area contributed by atoms with Gasteiger partial charge in [0.25, 0.3) is 5.69 Å². The highest BCUT2D eigenvalue weighted by Gasteiger charge is 2.39. The van der Waals surface area contributed by atoms with Gasteiger partial charge in [-0.1, -0.05) is 11.6 Å². The second-order valence-corrected chi connectivity index (χ2v) is 6.11. The van der Waals surface area contributed by atoms with Crippen LogP contribution >= 0.6 is 11.6 Å². The number of rotatable bonds is 4. The van der Waals surface area contributed by atoms with Crippen molar-refractivity contribution in [3.63, 3.8) is 0 Å². The number of hydrogen-bond donors (Lipinski definition) is 1. The van der Waals surface area contributed by atoms with Crippen LogP contribution in [0.2, 0.25) is 5.02 Å². The van der Waals surface area contributed by atoms with E-state index in [0.717, 1.165) is 12.8 Å². The molecule has 6 nitrogen and oxygen atoms in total. The van der Waals surface area contributed by atoms with Crippen LogP contribution in [0, 0.1) is 17.0 Å². The largest absolute Gasteiger partial charge is 0.379 e. The van der Waals surface area contributed by atoms with Crippen molar-refractivity contribution in [2.75, 3.05) is 11.9 Å². The van der Waals surface area contributed by atoms with Gasteiger partial charge >= 0.3 is 0 Å². The zero-order valence-electron chi connectivity index (χ0n) is 11.6. The van der Waals surface area contributed by atoms with Crippen LogP contribution < -0.4 is 5.32 Å². The van der Waals surface area contributed by atoms with Gasteiger partial charge in [0.05, 0.1) is 21.7 Å². The smallest absolute Gasteiger partial charge is 0.273 e. The summed E-state index contributed by atoms with van der Waals surface area (Å²) in [6.45, 7) is 2.35. The Labute approximate surface area is 127 Å². The molecule has 1 aliphatic carbocycles. The number of nitro groups is 1. The fourth-order valence-electron chi connectivity index (χ4n) is 2.77. The zero-order chi connectivity index (χ0) is 15.1. The van der Waals surface area contributed by atoms with E-state index in [1.807, 2.05) is 4.90 Å². The molecule has 1 heterocycles. The van der Waals surface area contributed by atoms with Crippen molar-refractivity contribution in [3.05, 3.63) is 32.8 Å². The first-order chi connectivity index (χ1) is 9.95. The molecule has 1 amide bonds. The van der Waals surface area contributed by atoms with Crippen molar-refractivity contribution in [3.8, 4) is 0 Å². The number of carbonyl (C=O) groups is 1. The Morgan fingerprint density at radius 2 is 2.14 bits per heavy atom. The molecule has 1 aromatic carbocycles. The highest BCUT2D eigenvalue weighted by Crippen LogP contribution is 2.34. The quantitative estimate of drug-likeness (QED) is 0.685. The molecule has 1 aliphatic heterocycles. The SMILES string of the molecule is Cc1cc(NC2CC(=O)N(C3CC3)C2)c(Cl)cc1[N+](=O)[O-]. The number of nitrogens with one attached hydrogen (secondary N) is 1. The van der Waals surface area contributed by atoms with Gasteiger partial charge in [0.15, 0.2) is 0 Å². The average Bonchev–Trinajstić information content (AvgIpc) is 3.18. The van der Waals surface area contributed by atoms with Crippen LogP contribution in [0.4, 0.5) is 11.4 Å². The van der Waals surface area contributed by atoms with Gasteiger partial charge in [-0.2, -0.15) is 0 Å². The molecule has 2 fully saturated rings. The van der Waals surface area contributed by atoms with E-state index < -0.39 is 4.92 Å². The second-order valence-electron chi connectivity index (χ2n) is 5.70. The van der Waals surface area contributed by atoms with Gasteiger partial charge in [-0.15, -0.1) is 0 Å². The number of benzene rings is 1. The lowest BCUT2D eigenvalue weighted by molar-refractivity contribution is -0.385. The number of aryl methyl sites for hydroxylation is 1. The number of carbonyl (C=O) groups excluding carboxylic acids is 1. The molecular weight excluding hydrogens is 294 g/mol. The summed E-state index contributed by atoms with van der Waals surface area (Å²) in [5, 5.41) is 14.4. The number of amides is 1. The van der Waals surface area contributed by atoms with Crippen molar-refractivity contribution >= 4 is 28.9 Å². The van der Waals surface area contributed by atoms with Gasteiger partial charge in [0, 0.05) is 30.6 Å². The molecule has 0 bridgehead atoms. The summed E-state index contributed by atoms with van der Waals surface area (Å²) in [5.41, 5.74) is 1.21. The number of likely N-dealkylation sites (tertiary alicyclic amines) is 1. The second kappa shape index (κ2) is 5.18. The summed E-state index contributed by atoms with van der Waals surface area (Å²) in [7, 11) is 0. The normalized spacial score (nSPS) is 21.7. The third-order valence-electron chi connectivity index (χ3n) is 3.99. The molecule has 1 N–H and O–H groups in total. The average molecular weight is 310 g/mol. The van der Waals surface area contributed by atoms with Crippen molar-refractivity contribution in [1.82, 2.24) is 4.90 Å². The van der Waals surface area contributed by atoms with Crippen LogP contribution in [0.15, 0.2) is 12.1 Å². The Kier molecular flexibility index (Phi) is 3.49. The van der Waals surface area contributed by atoms with E-state index in [1.54, 1.807) is 13.0 Å². The number of hydrogen-bond acceptors (Lipinski definition) is 4. The molecule has 0 radical (unpaired) electrons. The molecule has 0 spiro atoms. The molecule has 112 valence electrons. The molecule has 1 atom stereocenters. The van der Waals surface area contributed by atoms with Gasteiger partial charge < -0.3 is 10.2 Å². The van der Waals surface area contributed by atoms with Crippen LogP contribution in [-0.2, 0) is 4.79 Å². The first-order valence-electron chi connectivity index (χ1n) is 6.96. The Hall–Kier alpha value is -1.82. The first-order valence-corrected chi connectivity index (χ1v) is 7.34. The van der Waals surface area contributed by atoms with Crippen LogP contribution in [0.1, 0.15) is 24.8 Å². The minimum absolute atomic E-state index is 0.00709. The molecule has 7 heteroatoms. The molecule has 1 saturated heterocycles. The van der Waals surface area contributed by atoms with Crippen molar-refractivity contribution < 1.29 is 9.72 Å². The molecule has 0 aromatic heterocycles. The van der Waals surface area contributed by atoms with Crippen LogP contribution in [0.25, 0.3) is 0 Å². The van der Waals surface area contributed by atoms with E-state index in [4.69, 9.17) is 11.6 Å². The number of nitro benzene ring substituents is 1. The summed E-state index contributed by atoms with van der Waals surface area (Å²) in [5.74, 6) is 0.171. The number of nitrogens with zero attached hydrogens (tertiary/aromatic N) is 2. The van der Waals surface area contributed by atoms with Gasteiger partial charge in [0.2, 0.25) is 5.91 Å². The fourth-order valence-corrected chi connectivity index (χ4v) is 2.98. The van der Waals surface area contributed by atoms with E-state index in [-0.39, 0.29) is 17.6 Å². The van der Waals surface area contributed by atoms with Crippen LogP contribution in [0.3, 0.4) is 0 Å². The monoisotopic (exact) mass is 309 g/mol. The Morgan fingerprint density at radius 3 is 2.76 bits per heavy atom. The third kappa shape index (κ3) is 2.81. The summed E-state index contributed by atoms with van der Waals surface area (Å²) in [6, 6.07) is 3.45. The minimum atomic E-state index is -0.446. The Bertz CT molecular complexity index is 616. The van der Waals surface area contributed by atoms with E-state index in [1.165, 1.54) is 6.07 Å². The molecule has 21 heavy (non-hydrogen) atoms. The maximum atomic E-state index is 11.9. The first kappa shape index (κ1) is 14.1. The van der Waals surface area contributed by atoms with Crippen molar-refractivity contribution in [1.29, 1.82) is 0 Å². The van der Waals surface area contributed by atoms with Crippen molar-refractivity contribution in [2.24, 2.45) is 0 Å². The molecule has 1 aromatic rings. The Morgan fingerprint density at radius 1 is 1.43 bits per heavy atom. The molecule has 3 rings (SSSR count). The summed E-state index contributed by atoms with van der Waals surface area (Å²) in [4.78, 5) is 24.3. The van der Waals surface area contributed by atoms with Crippen LogP contribution in [0.5, 0.6) is 0 Å². The minimum Gasteiger partial charge on any atom is -0.379 e. The summed E-state index contributed by atoms with van der Waals surface area (Å²) in [6.07, 6.45) is 2.63. The highest BCUT2D eigenvalue weighted by atomic mass is 35.5. The van der Waals surface area contributed by atoms with E-state index >= 15 is 0 Å². The number of anilines is 1. The maximum Gasteiger partial charge on any atom is 0.273 e. The standard InChI is InChI=1S/C14H16ClN3O3/c1-8-4-12(11(15)6-13(8)18(20)21)16-9-5-14(19)17(7-9)10-2-3-10/h4,6,9-10,16H,2-3,5,7H2,1H3. The third-order valence-corrected chi connectivity index (χ3v) is 4.30. The topological polar surface area (TPSA) is 75.5 Å². The van der Waals surface area contributed by atoms with Gasteiger partial charge in [0.1, 0.15) is 0 Å². The zero-order valence-corrected chi connectivity index (χ0v) is 12.4. The lowest BCUT2D eigenvalue weighted by Gasteiger charge is -2.17. The fraction of sp³-hybridized carbons (Fsp3) is 0.500. The molecular formula is C14H16ClN3O3. The van der Waals surface area contributed by atoms with E-state index in [0.29, 0.717) is 35.3 Å². The van der Waals surface area contributed by atoms with Crippen LogP contribution in [-0.4, -0.2) is 34.4 Å². The van der Waals surface area contributed by atoms with Gasteiger partial charge in [-0.05, 0) is 25.8 Å². The molecule has 2 aliphatic rings. The van der Waals surface area contributed by atoms with Gasteiger partial charge in [-0.25, -0.2) is 0 Å². The van der Waals surface area contributed by atoms with Crippen molar-refractivity contribution in [2.45, 2.75) is 38.3 Å². The maximum absolute atomic E-state index is 11.9. The lowest BCUT2D eigenvalue weighted by atomic mass is 10.1. The molecule has 1 saturated carbocycles. The lowest BCUT2D eigenvalue weighted by Crippen LogP contribution is -2.29. The summed E-state index contributed by atoms with van der Waals surface area (Å²) < 4.78 is 0. The Balaban J connectivity index is 1.75. The highest BCUT2D eigenvalue weighted by molar-refractivity contribution is 6.33. The predicted molar refractivity (Wildman–Crippen MR) is 79.6 cm³/mol. The molecule has 1 unspecified atom stereocenters. The number of halogens is 1. The predicted octanol–water partition coefficient (Wildman–Crippen LogP) is 2.73. The van der Waals surface area contributed by atoms with Gasteiger partial charge in [-0.3, -0.25) is 14.9 Å². The summed E-state index contributed by atoms with van der Waals surface area (Å²) >= 11 is 6.11.